The molecule has 1 aromatic heterocycles. The molecule has 0 fully saturated rings. The summed E-state index contributed by atoms with van der Waals surface area (Å²) in [5.41, 5.74) is 1.99. The van der Waals surface area contributed by atoms with Gasteiger partial charge in [-0.05, 0) is 48.9 Å². The molecule has 3 nitrogen and oxygen atoms in total. The Morgan fingerprint density at radius 3 is 2.54 bits per heavy atom. The summed E-state index contributed by atoms with van der Waals surface area (Å²) < 4.78 is 15.5. The van der Waals surface area contributed by atoms with Gasteiger partial charge in [-0.15, -0.1) is 0 Å². The Kier molecular flexibility index (Phi) is 4.67. The predicted octanol–water partition coefficient (Wildman–Crippen LogP) is 4.76. The molecule has 1 N–H and O–H groups in total. The number of halogens is 2. The van der Waals surface area contributed by atoms with Gasteiger partial charge in [0.25, 0.3) is 5.91 Å². The van der Waals surface area contributed by atoms with Crippen LogP contribution in [0.3, 0.4) is 0 Å². The van der Waals surface area contributed by atoms with Gasteiger partial charge in [0, 0.05) is 12.4 Å². The number of nitrogens with one attached hydrogen (secondary N) is 1. The lowest BCUT2D eigenvalue weighted by atomic mass is 10.1. The lowest BCUT2D eigenvalue weighted by Gasteiger charge is -2.17. The first-order chi connectivity index (χ1) is 11.6. The second-order valence-corrected chi connectivity index (χ2v) is 5.88. The van der Waals surface area contributed by atoms with E-state index in [1.54, 1.807) is 19.1 Å². The maximum atomic E-state index is 13.6. The zero-order valence-corrected chi connectivity index (χ0v) is 13.8. The van der Waals surface area contributed by atoms with Crippen LogP contribution >= 0.6 is 11.6 Å². The van der Waals surface area contributed by atoms with Crippen LogP contribution in [0.25, 0.3) is 5.69 Å². The SMILES string of the molecule is CC(NC(=O)c1ccccc1-n1cccc1)c1ccc(Cl)c(F)c1. The van der Waals surface area contributed by atoms with Gasteiger partial charge < -0.3 is 9.88 Å². The number of benzene rings is 2. The number of hydrogen-bond acceptors (Lipinski definition) is 1. The van der Waals surface area contributed by atoms with E-state index in [0.29, 0.717) is 11.1 Å². The first-order valence-electron chi connectivity index (χ1n) is 7.54. The van der Waals surface area contributed by atoms with Crippen molar-refractivity contribution in [2.24, 2.45) is 0 Å². The number of carbonyl (C=O) groups is 1. The number of amides is 1. The third-order valence-electron chi connectivity index (χ3n) is 3.82. The minimum atomic E-state index is -0.497. The minimum Gasteiger partial charge on any atom is -0.345 e. The van der Waals surface area contributed by atoms with Crippen molar-refractivity contribution in [1.29, 1.82) is 0 Å². The summed E-state index contributed by atoms with van der Waals surface area (Å²) >= 11 is 5.70. The molecule has 2 aromatic carbocycles. The fourth-order valence-corrected chi connectivity index (χ4v) is 2.64. The van der Waals surface area contributed by atoms with E-state index in [2.05, 4.69) is 5.32 Å². The Labute approximate surface area is 144 Å². The number of rotatable bonds is 4. The highest BCUT2D eigenvalue weighted by Crippen LogP contribution is 2.21. The van der Waals surface area contributed by atoms with E-state index in [9.17, 15) is 9.18 Å². The number of nitrogens with zero attached hydrogens (tertiary/aromatic N) is 1. The van der Waals surface area contributed by atoms with Crippen molar-refractivity contribution in [2.45, 2.75) is 13.0 Å². The molecule has 0 bridgehead atoms. The lowest BCUT2D eigenvalue weighted by Crippen LogP contribution is -2.27. The summed E-state index contributed by atoms with van der Waals surface area (Å²) in [6.45, 7) is 1.80. The highest BCUT2D eigenvalue weighted by molar-refractivity contribution is 6.30. The molecule has 0 saturated carbocycles. The molecule has 0 aliphatic rings. The van der Waals surface area contributed by atoms with Gasteiger partial charge in [-0.2, -0.15) is 0 Å². The van der Waals surface area contributed by atoms with Crippen molar-refractivity contribution in [3.63, 3.8) is 0 Å². The first kappa shape index (κ1) is 16.3. The zero-order valence-electron chi connectivity index (χ0n) is 13.0. The van der Waals surface area contributed by atoms with Gasteiger partial charge in [0.15, 0.2) is 0 Å². The lowest BCUT2D eigenvalue weighted by molar-refractivity contribution is 0.0940. The van der Waals surface area contributed by atoms with E-state index in [1.807, 2.05) is 47.3 Å². The molecule has 1 amide bonds. The smallest absolute Gasteiger partial charge is 0.253 e. The van der Waals surface area contributed by atoms with Crippen LogP contribution < -0.4 is 5.32 Å². The Hall–Kier alpha value is -2.59. The van der Waals surface area contributed by atoms with Crippen LogP contribution in [0.4, 0.5) is 4.39 Å². The third-order valence-corrected chi connectivity index (χ3v) is 4.13. The molecule has 1 heterocycles. The normalized spacial score (nSPS) is 12.0. The van der Waals surface area contributed by atoms with E-state index in [4.69, 9.17) is 11.6 Å². The number of para-hydroxylation sites is 1. The van der Waals surface area contributed by atoms with Crippen LogP contribution in [0, 0.1) is 5.82 Å². The molecule has 3 rings (SSSR count). The maximum Gasteiger partial charge on any atom is 0.253 e. The van der Waals surface area contributed by atoms with Gasteiger partial charge in [0.1, 0.15) is 5.82 Å². The van der Waals surface area contributed by atoms with Gasteiger partial charge in [0.05, 0.1) is 22.3 Å². The van der Waals surface area contributed by atoms with Crippen molar-refractivity contribution in [2.75, 3.05) is 0 Å². The molecule has 24 heavy (non-hydrogen) atoms. The molecule has 1 atom stereocenters. The second kappa shape index (κ2) is 6.89. The average molecular weight is 343 g/mol. The van der Waals surface area contributed by atoms with Crippen LogP contribution in [0.1, 0.15) is 28.9 Å². The molecular formula is C19H16ClFN2O. The summed E-state index contributed by atoms with van der Waals surface area (Å²) in [5.74, 6) is -0.717. The quantitative estimate of drug-likeness (QED) is 0.728. The van der Waals surface area contributed by atoms with Gasteiger partial charge >= 0.3 is 0 Å². The number of carbonyl (C=O) groups excluding carboxylic acids is 1. The highest BCUT2D eigenvalue weighted by Gasteiger charge is 2.16. The van der Waals surface area contributed by atoms with Crippen LogP contribution in [-0.4, -0.2) is 10.5 Å². The maximum absolute atomic E-state index is 13.6. The average Bonchev–Trinajstić information content (AvgIpc) is 3.11. The largest absolute Gasteiger partial charge is 0.345 e. The van der Waals surface area contributed by atoms with Crippen LogP contribution in [0.2, 0.25) is 5.02 Å². The van der Waals surface area contributed by atoms with Crippen molar-refractivity contribution >= 4 is 17.5 Å². The third kappa shape index (κ3) is 3.34. The Morgan fingerprint density at radius 2 is 1.83 bits per heavy atom. The zero-order chi connectivity index (χ0) is 17.1. The number of hydrogen-bond donors (Lipinski definition) is 1. The summed E-state index contributed by atoms with van der Waals surface area (Å²) in [6, 6.07) is 15.3. The Balaban J connectivity index is 1.84. The summed E-state index contributed by atoms with van der Waals surface area (Å²) in [4.78, 5) is 12.7. The first-order valence-corrected chi connectivity index (χ1v) is 7.92. The monoisotopic (exact) mass is 342 g/mol. The van der Waals surface area contributed by atoms with Crippen LogP contribution in [0.15, 0.2) is 67.0 Å². The van der Waals surface area contributed by atoms with Gasteiger partial charge in [0.2, 0.25) is 0 Å². The predicted molar refractivity (Wildman–Crippen MR) is 93.1 cm³/mol. The van der Waals surface area contributed by atoms with E-state index < -0.39 is 5.82 Å². The standard InChI is InChI=1S/C19H16ClFN2O/c1-13(14-8-9-16(20)17(21)12-14)22-19(24)15-6-2-3-7-18(15)23-10-4-5-11-23/h2-13H,1H3,(H,22,24). The topological polar surface area (TPSA) is 34.0 Å². The van der Waals surface area contributed by atoms with Crippen molar-refractivity contribution in [3.05, 3.63) is 89.0 Å². The molecular weight excluding hydrogens is 327 g/mol. The Morgan fingerprint density at radius 1 is 1.12 bits per heavy atom. The molecule has 0 saturated heterocycles. The fraction of sp³-hybridized carbons (Fsp3) is 0.105. The Bertz CT molecular complexity index is 862. The molecule has 3 aromatic rings. The van der Waals surface area contributed by atoms with Crippen LogP contribution in [-0.2, 0) is 0 Å². The number of aromatic nitrogens is 1. The van der Waals surface area contributed by atoms with Gasteiger partial charge in [-0.1, -0.05) is 29.8 Å². The molecule has 5 heteroatoms. The van der Waals surface area contributed by atoms with E-state index in [0.717, 1.165) is 5.69 Å². The molecule has 1 unspecified atom stereocenters. The van der Waals surface area contributed by atoms with Gasteiger partial charge in [-0.25, -0.2) is 4.39 Å². The summed E-state index contributed by atoms with van der Waals surface area (Å²) in [5, 5.41) is 2.96. The highest BCUT2D eigenvalue weighted by atomic mass is 35.5. The summed E-state index contributed by atoms with van der Waals surface area (Å²) in [7, 11) is 0. The van der Waals surface area contributed by atoms with Gasteiger partial charge in [-0.3, -0.25) is 4.79 Å². The fourth-order valence-electron chi connectivity index (χ4n) is 2.53. The van der Waals surface area contributed by atoms with Crippen molar-refractivity contribution in [1.82, 2.24) is 9.88 Å². The molecule has 0 aliphatic heterocycles. The second-order valence-electron chi connectivity index (χ2n) is 5.48. The molecule has 0 radical (unpaired) electrons. The molecule has 0 spiro atoms. The van der Waals surface area contributed by atoms with Crippen LogP contribution in [0.5, 0.6) is 0 Å². The van der Waals surface area contributed by atoms with E-state index >= 15 is 0 Å². The molecule has 0 aliphatic carbocycles. The van der Waals surface area contributed by atoms with E-state index in [1.165, 1.54) is 12.1 Å². The van der Waals surface area contributed by atoms with Crippen molar-refractivity contribution < 1.29 is 9.18 Å². The minimum absolute atomic E-state index is 0.0650. The van der Waals surface area contributed by atoms with Crippen molar-refractivity contribution in [3.8, 4) is 5.69 Å². The molecule has 122 valence electrons. The summed E-state index contributed by atoms with van der Waals surface area (Å²) in [6.07, 6.45) is 3.76. The van der Waals surface area contributed by atoms with E-state index in [-0.39, 0.29) is 17.0 Å².